The van der Waals surface area contributed by atoms with Crippen LogP contribution in [0.25, 0.3) is 0 Å². The first-order chi connectivity index (χ1) is 39.4. The van der Waals surface area contributed by atoms with Gasteiger partial charge in [-0.3, -0.25) is 0 Å². The van der Waals surface area contributed by atoms with Crippen LogP contribution in [0.4, 0.5) is 11.4 Å². The molecule has 4 aliphatic rings. The Labute approximate surface area is 483 Å². The molecule has 4 fully saturated rings. The van der Waals surface area contributed by atoms with Crippen molar-refractivity contribution in [3.8, 4) is 0 Å². The van der Waals surface area contributed by atoms with Crippen LogP contribution in [0.15, 0.2) is 261 Å². The van der Waals surface area contributed by atoms with Gasteiger partial charge in [0.1, 0.15) is 0 Å². The molecule has 405 valence electrons. The van der Waals surface area contributed by atoms with Crippen LogP contribution >= 0.6 is 0 Å². The number of anilines is 2. The minimum absolute atomic E-state index is 0.497. The second-order valence-corrected chi connectivity index (χ2v) is 46.7. The highest BCUT2D eigenvalue weighted by Gasteiger charge is 2.78. The first-order valence-electron chi connectivity index (χ1n) is 26.2. The van der Waals surface area contributed by atoms with E-state index in [0.29, 0.717) is 58.1 Å². The Morgan fingerprint density at radius 3 is 0.951 bits per heavy atom. The van der Waals surface area contributed by atoms with Crippen LogP contribution in [0.1, 0.15) is 0 Å². The maximum atomic E-state index is 8.46. The molecule has 9 aromatic carbocycles. The van der Waals surface area contributed by atoms with E-state index in [9.17, 15) is 0 Å². The Morgan fingerprint density at radius 2 is 0.543 bits per heavy atom. The van der Waals surface area contributed by atoms with Crippen molar-refractivity contribution in [2.45, 2.75) is 13.1 Å². The molecule has 9 aromatic rings. The number of hydrogen-bond acceptors (Lipinski definition) is 15. The SMILES string of the molecule is C[Si@@]1(c2ccc(N)cc2)O[Si]2(c3ccccc3)O[Si](c3ccccc3)O[Si]3(c4ccccc4)O[Si](c4ccccc4)(O[Si]4(c5ccccc5)O[Si](c5ccccc5)(O[Si]O[Si@@](C)(c5ccc(N)cc5)O[Si](c5ccccc5)(O3)O4)O2)O1. The van der Waals surface area contributed by atoms with Crippen molar-refractivity contribution in [2.24, 2.45) is 0 Å². The lowest BCUT2D eigenvalue weighted by molar-refractivity contribution is 0.0635. The van der Waals surface area contributed by atoms with Crippen LogP contribution < -0.4 is 58.1 Å². The topological polar surface area (TPSA) is 172 Å². The lowest BCUT2D eigenvalue weighted by Gasteiger charge is -2.56. The van der Waals surface area contributed by atoms with Crippen LogP contribution in [-0.4, -0.2) is 89.2 Å². The van der Waals surface area contributed by atoms with Crippen molar-refractivity contribution >= 4 is 147 Å². The van der Waals surface area contributed by atoms with Gasteiger partial charge < -0.3 is 65.0 Å². The lowest BCUT2D eigenvalue weighted by Crippen LogP contribution is -2.89. The quantitative estimate of drug-likeness (QED) is 0.159. The summed E-state index contributed by atoms with van der Waals surface area (Å²) < 4.78 is 106. The maximum absolute atomic E-state index is 8.46. The number of nitrogen functional groups attached to an aromatic ring is 2. The van der Waals surface area contributed by atoms with Crippen molar-refractivity contribution in [3.05, 3.63) is 261 Å². The van der Waals surface area contributed by atoms with Crippen molar-refractivity contribution in [3.63, 3.8) is 0 Å². The van der Waals surface area contributed by atoms with E-state index in [1.165, 1.54) is 0 Å². The van der Waals surface area contributed by atoms with Crippen LogP contribution in [0, 0.1) is 0 Å². The third kappa shape index (κ3) is 10.3. The molecule has 0 saturated carbocycles. The number of fused-ring (bicyclic) bond motifs is 6. The van der Waals surface area contributed by atoms with Crippen LogP contribution in [0.5, 0.6) is 0 Å². The van der Waals surface area contributed by atoms with E-state index < -0.39 is 89.2 Å². The van der Waals surface area contributed by atoms with Crippen molar-refractivity contribution in [1.29, 1.82) is 0 Å². The van der Waals surface area contributed by atoms with Gasteiger partial charge >= 0.3 is 89.2 Å². The summed E-state index contributed by atoms with van der Waals surface area (Å²) in [6.45, 7) is 3.92. The van der Waals surface area contributed by atoms with E-state index in [4.69, 9.17) is 65.0 Å². The van der Waals surface area contributed by atoms with E-state index in [1.54, 1.807) is 0 Å². The zero-order chi connectivity index (χ0) is 55.2. The highest BCUT2D eigenvalue weighted by molar-refractivity contribution is 7.10. The van der Waals surface area contributed by atoms with E-state index in [-0.39, 0.29) is 0 Å². The van der Waals surface area contributed by atoms with Gasteiger partial charge in [-0.05, 0) is 52.9 Å². The lowest BCUT2D eigenvalue weighted by atomic mass is 10.3. The van der Waals surface area contributed by atoms with E-state index in [2.05, 4.69) is 0 Å². The van der Waals surface area contributed by atoms with Crippen molar-refractivity contribution in [2.75, 3.05) is 11.5 Å². The smallest absolute Gasteiger partial charge is 0.411 e. The molecule has 8 atom stereocenters. The Morgan fingerprint density at radius 1 is 0.272 bits per heavy atom. The Bertz CT molecular complexity index is 3620. The molecular weight excluding hydrogens is 1190 g/mol. The van der Waals surface area contributed by atoms with E-state index in [1.807, 2.05) is 274 Å². The first-order valence-corrected chi connectivity index (χ1v) is 43.3. The number of nitrogens with two attached hydrogens (primary N) is 2. The average Bonchev–Trinajstić information content (AvgIpc) is 3.57. The predicted molar refractivity (Wildman–Crippen MR) is 327 cm³/mol. The number of benzene rings is 9. The average molecular weight is 1240 g/mol. The molecular formula is C56H53N2O13Si10. The Hall–Kier alpha value is -5.77. The van der Waals surface area contributed by atoms with Gasteiger partial charge in [0.2, 0.25) is 0 Å². The van der Waals surface area contributed by atoms with Crippen molar-refractivity contribution < 1.29 is 53.5 Å². The minimum atomic E-state index is -5.11. The molecule has 0 aromatic heterocycles. The fraction of sp³-hybridized carbons (Fsp3) is 0.0357. The second-order valence-electron chi connectivity index (χ2n) is 19.7. The second kappa shape index (κ2) is 21.8. The summed E-state index contributed by atoms with van der Waals surface area (Å²) >= 11 is 0. The Balaban J connectivity index is 1.27. The molecule has 4 heterocycles. The summed E-state index contributed by atoms with van der Waals surface area (Å²) in [5, 5.41) is 5.22. The number of hydrogen-bond donors (Lipinski definition) is 2. The summed E-state index contributed by atoms with van der Waals surface area (Å²) in [6.07, 6.45) is 0. The summed E-state index contributed by atoms with van der Waals surface area (Å²) in [5.41, 5.74) is 14.1. The molecule has 6 unspecified atom stereocenters. The third-order valence-electron chi connectivity index (χ3n) is 14.1. The molecule has 4 saturated heterocycles. The molecule has 0 amide bonds. The van der Waals surface area contributed by atoms with Gasteiger partial charge in [0.25, 0.3) is 0 Å². The monoisotopic (exact) mass is 1240 g/mol. The molecule has 81 heavy (non-hydrogen) atoms. The van der Waals surface area contributed by atoms with Crippen LogP contribution in [-0.2, 0) is 53.5 Å². The van der Waals surface area contributed by atoms with Gasteiger partial charge in [-0.2, -0.15) is 0 Å². The fourth-order valence-corrected chi connectivity index (χ4v) is 56.6. The van der Waals surface area contributed by atoms with Crippen LogP contribution in [0.2, 0.25) is 13.1 Å². The largest absolute Gasteiger partial charge is 0.515 e. The molecule has 15 nitrogen and oxygen atoms in total. The van der Waals surface area contributed by atoms with Crippen LogP contribution in [0.3, 0.4) is 0 Å². The molecule has 0 aliphatic carbocycles. The molecule has 4 aliphatic heterocycles. The predicted octanol–water partition coefficient (Wildman–Crippen LogP) is 3.39. The van der Waals surface area contributed by atoms with E-state index >= 15 is 0 Å². The van der Waals surface area contributed by atoms with Gasteiger partial charge in [0.05, 0.1) is 0 Å². The van der Waals surface area contributed by atoms with Gasteiger partial charge in [-0.15, -0.1) is 0 Å². The third-order valence-corrected chi connectivity index (χ3v) is 51.7. The van der Waals surface area contributed by atoms with E-state index in [0.717, 1.165) is 0 Å². The summed E-state index contributed by atoms with van der Waals surface area (Å²) in [4.78, 5) is 0. The first kappa shape index (κ1) is 54.5. The fourth-order valence-electron chi connectivity index (χ4n) is 10.1. The number of rotatable bonds is 9. The molecule has 6 bridgehead atoms. The summed E-state index contributed by atoms with van der Waals surface area (Å²) in [6, 6.07) is 82.5. The highest BCUT2D eigenvalue weighted by atomic mass is 28.6. The maximum Gasteiger partial charge on any atom is 0.515 e. The highest BCUT2D eigenvalue weighted by Crippen LogP contribution is 2.42. The van der Waals surface area contributed by atoms with Gasteiger partial charge in [0, 0.05) is 42.5 Å². The van der Waals surface area contributed by atoms with Gasteiger partial charge in [-0.25, -0.2) is 0 Å². The normalized spacial score (nSPS) is 30.6. The molecule has 25 heteroatoms. The molecule has 13 rings (SSSR count). The summed E-state index contributed by atoms with van der Waals surface area (Å²) in [7, 11) is -42.1. The Kier molecular flexibility index (Phi) is 14.6. The molecule has 3 radical (unpaired) electrons. The zero-order valence-corrected chi connectivity index (χ0v) is 53.8. The summed E-state index contributed by atoms with van der Waals surface area (Å²) in [5.74, 6) is 0. The van der Waals surface area contributed by atoms with Crippen molar-refractivity contribution in [1.82, 2.24) is 0 Å². The van der Waals surface area contributed by atoms with Gasteiger partial charge in [-0.1, -0.05) is 237 Å². The molecule has 0 spiro atoms. The minimum Gasteiger partial charge on any atom is -0.411 e. The molecule has 4 N–H and O–H groups in total. The zero-order valence-electron chi connectivity index (χ0n) is 43.8. The standard InChI is InChI=1S/C56H53N2O13Si10/c1-74(49-42-38-46(57)39-43-49)59-72-60-76(51-26-12-4-13-27-51)66-77(52-28-14-5-15-29-52)61-73(48-24-10-3-11-25-48)62-78(53-30-16-6-17-31-53)68-79(63-74,54-32-18-7-19-33-54)70-81(67-76,56-36-22-9-23-37-56)71-80(69-78,55-34-20-8-21-35-55)65-75(2,64-77)50-44-40-47(58)41-45-50/h3-45H,57-58H2,1-2H3/t74-,75-,76?,77?,78?,79?,80?,81?/m1/s1. The van der Waals surface area contributed by atoms with Gasteiger partial charge in [0.15, 0.2) is 0 Å².